The zero-order chi connectivity index (χ0) is 18.6. The molecule has 2 aromatic heterocycles. The maximum absolute atomic E-state index is 12.8. The highest BCUT2D eigenvalue weighted by Crippen LogP contribution is 2.43. The van der Waals surface area contributed by atoms with Gasteiger partial charge in [0, 0.05) is 60.1 Å². The van der Waals surface area contributed by atoms with Crippen LogP contribution in [-0.2, 0) is 16.7 Å². The van der Waals surface area contributed by atoms with Crippen LogP contribution in [0.1, 0.15) is 42.6 Å². The van der Waals surface area contributed by atoms with Crippen molar-refractivity contribution in [3.63, 3.8) is 0 Å². The fourth-order valence-corrected chi connectivity index (χ4v) is 4.48. The van der Waals surface area contributed by atoms with Gasteiger partial charge in [0.25, 0.3) is 5.91 Å². The molecule has 5 rings (SSSR count). The maximum atomic E-state index is 12.8. The fraction of sp³-hybridized carbons (Fsp3) is 0.429. The van der Waals surface area contributed by atoms with Gasteiger partial charge in [-0.15, -0.1) is 0 Å². The highest BCUT2D eigenvalue weighted by atomic mass is 16.5. The number of imidazole rings is 1. The summed E-state index contributed by atoms with van der Waals surface area (Å²) in [5, 5.41) is 4.27. The minimum Gasteiger partial charge on any atom is -0.381 e. The van der Waals surface area contributed by atoms with Crippen LogP contribution in [0.4, 0.5) is 0 Å². The predicted molar refractivity (Wildman–Crippen MR) is 104 cm³/mol. The number of aromatic nitrogens is 3. The normalized spacial score (nSPS) is 18.9. The van der Waals surface area contributed by atoms with E-state index in [0.29, 0.717) is 5.56 Å². The van der Waals surface area contributed by atoms with Gasteiger partial charge in [0.2, 0.25) is 0 Å². The fourth-order valence-electron chi connectivity index (χ4n) is 4.48. The molecule has 1 fully saturated rings. The van der Waals surface area contributed by atoms with Gasteiger partial charge in [-0.3, -0.25) is 4.79 Å². The highest BCUT2D eigenvalue weighted by Gasteiger charge is 2.35. The maximum Gasteiger partial charge on any atom is 0.251 e. The first kappa shape index (κ1) is 16.6. The SMILES string of the molecule is CC1(C)Cn2ccnc2-c2[nH]c3ccc(C(=O)NC4CCOCC4)cc3c21. The molecule has 140 valence electrons. The third kappa shape index (κ3) is 2.67. The highest BCUT2D eigenvalue weighted by molar-refractivity contribution is 6.01. The zero-order valence-corrected chi connectivity index (χ0v) is 15.7. The second-order valence-corrected chi connectivity index (χ2v) is 8.26. The average Bonchev–Trinajstić information content (AvgIpc) is 3.25. The van der Waals surface area contributed by atoms with Crippen LogP contribution in [0.3, 0.4) is 0 Å². The minimum atomic E-state index is -0.0446. The Morgan fingerprint density at radius 2 is 2.15 bits per heavy atom. The number of hydrogen-bond donors (Lipinski definition) is 2. The summed E-state index contributed by atoms with van der Waals surface area (Å²) in [4.78, 5) is 20.9. The van der Waals surface area contributed by atoms with Crippen LogP contribution in [-0.4, -0.2) is 39.7 Å². The topological polar surface area (TPSA) is 71.9 Å². The molecular formula is C21H24N4O2. The summed E-state index contributed by atoms with van der Waals surface area (Å²) >= 11 is 0. The molecule has 2 N–H and O–H groups in total. The van der Waals surface area contributed by atoms with Gasteiger partial charge in [-0.25, -0.2) is 4.98 Å². The average molecular weight is 364 g/mol. The number of amides is 1. The number of nitrogens with one attached hydrogen (secondary N) is 2. The molecule has 0 spiro atoms. The number of carbonyl (C=O) groups is 1. The van der Waals surface area contributed by atoms with Gasteiger partial charge in [-0.05, 0) is 36.6 Å². The van der Waals surface area contributed by atoms with Crippen molar-refractivity contribution in [1.82, 2.24) is 19.9 Å². The molecule has 1 saturated heterocycles. The van der Waals surface area contributed by atoms with Crippen LogP contribution in [0.2, 0.25) is 0 Å². The van der Waals surface area contributed by atoms with Crippen molar-refractivity contribution in [2.24, 2.45) is 0 Å². The molecule has 0 atom stereocenters. The lowest BCUT2D eigenvalue weighted by Gasteiger charge is -2.31. The smallest absolute Gasteiger partial charge is 0.251 e. The third-order valence-electron chi connectivity index (χ3n) is 5.80. The Kier molecular flexibility index (Phi) is 3.65. The number of ether oxygens (including phenoxy) is 1. The van der Waals surface area contributed by atoms with Gasteiger partial charge in [-0.1, -0.05) is 13.8 Å². The summed E-state index contributed by atoms with van der Waals surface area (Å²) in [6.07, 6.45) is 5.63. The second kappa shape index (κ2) is 5.96. The van der Waals surface area contributed by atoms with Crippen molar-refractivity contribution in [1.29, 1.82) is 0 Å². The van der Waals surface area contributed by atoms with Crippen molar-refractivity contribution >= 4 is 16.8 Å². The van der Waals surface area contributed by atoms with Crippen molar-refractivity contribution in [3.05, 3.63) is 41.7 Å². The lowest BCUT2D eigenvalue weighted by atomic mass is 9.80. The third-order valence-corrected chi connectivity index (χ3v) is 5.80. The predicted octanol–water partition coefficient (Wildman–Crippen LogP) is 3.23. The van der Waals surface area contributed by atoms with Crippen molar-refractivity contribution in [2.75, 3.05) is 13.2 Å². The number of rotatable bonds is 2. The number of nitrogens with zero attached hydrogens (tertiary/aromatic N) is 2. The Bertz CT molecular complexity index is 1020. The quantitative estimate of drug-likeness (QED) is 0.733. The molecule has 1 aromatic carbocycles. The van der Waals surface area contributed by atoms with E-state index in [9.17, 15) is 4.79 Å². The van der Waals surface area contributed by atoms with E-state index in [1.165, 1.54) is 5.56 Å². The van der Waals surface area contributed by atoms with Crippen molar-refractivity contribution < 1.29 is 9.53 Å². The van der Waals surface area contributed by atoms with Crippen molar-refractivity contribution in [2.45, 2.75) is 44.7 Å². The molecule has 2 aliphatic rings. The summed E-state index contributed by atoms with van der Waals surface area (Å²) in [5.74, 6) is 0.961. The number of H-pyrrole nitrogens is 1. The molecule has 1 amide bonds. The number of benzene rings is 1. The molecule has 3 aromatic rings. The summed E-state index contributed by atoms with van der Waals surface area (Å²) in [6.45, 7) is 6.81. The molecule has 4 heterocycles. The summed E-state index contributed by atoms with van der Waals surface area (Å²) in [6, 6.07) is 6.14. The molecular weight excluding hydrogens is 340 g/mol. The molecule has 6 heteroatoms. The molecule has 0 radical (unpaired) electrons. The van der Waals surface area contributed by atoms with Gasteiger partial charge in [0.1, 0.15) is 0 Å². The molecule has 0 unspecified atom stereocenters. The standard InChI is InChI=1S/C21H24N4O2/c1-21(2)12-25-8-7-22-19(25)18-17(21)15-11-13(3-4-16(15)24-18)20(26)23-14-5-9-27-10-6-14/h3-4,7-8,11,14,24H,5-6,9-10,12H2,1-2H3,(H,23,26). The lowest BCUT2D eigenvalue weighted by molar-refractivity contribution is 0.0696. The van der Waals surface area contributed by atoms with Gasteiger partial charge in [-0.2, -0.15) is 0 Å². The van der Waals surface area contributed by atoms with Crippen LogP contribution in [0.5, 0.6) is 0 Å². The molecule has 0 aliphatic carbocycles. The van der Waals surface area contributed by atoms with E-state index in [0.717, 1.165) is 55.0 Å². The molecule has 2 aliphatic heterocycles. The molecule has 0 saturated carbocycles. The first-order chi connectivity index (χ1) is 13.0. The number of aromatic amines is 1. The Hall–Kier alpha value is -2.60. The number of fused-ring (bicyclic) bond motifs is 5. The van der Waals surface area contributed by atoms with E-state index < -0.39 is 0 Å². The van der Waals surface area contributed by atoms with E-state index in [-0.39, 0.29) is 17.4 Å². The van der Waals surface area contributed by atoms with Crippen LogP contribution < -0.4 is 5.32 Å². The second-order valence-electron chi connectivity index (χ2n) is 8.26. The largest absolute Gasteiger partial charge is 0.381 e. The van der Waals surface area contributed by atoms with Gasteiger partial charge >= 0.3 is 0 Å². The number of carbonyl (C=O) groups excluding carboxylic acids is 1. The van der Waals surface area contributed by atoms with E-state index in [1.54, 1.807) is 0 Å². The number of hydrogen-bond acceptors (Lipinski definition) is 3. The summed E-state index contributed by atoms with van der Waals surface area (Å²) < 4.78 is 7.57. The first-order valence-electron chi connectivity index (χ1n) is 9.59. The van der Waals surface area contributed by atoms with Gasteiger partial charge in [0.05, 0.1) is 5.69 Å². The van der Waals surface area contributed by atoms with Crippen LogP contribution in [0, 0.1) is 0 Å². The minimum absolute atomic E-state index is 0.00568. The summed E-state index contributed by atoms with van der Waals surface area (Å²) in [5.41, 5.74) is 4.02. The van der Waals surface area contributed by atoms with E-state index in [4.69, 9.17) is 4.74 Å². The van der Waals surface area contributed by atoms with Crippen molar-refractivity contribution in [3.8, 4) is 11.5 Å². The molecule has 27 heavy (non-hydrogen) atoms. The molecule has 6 nitrogen and oxygen atoms in total. The first-order valence-corrected chi connectivity index (χ1v) is 9.59. The lowest BCUT2D eigenvalue weighted by Crippen LogP contribution is -2.38. The Morgan fingerprint density at radius 1 is 1.33 bits per heavy atom. The monoisotopic (exact) mass is 364 g/mol. The summed E-state index contributed by atoms with van der Waals surface area (Å²) in [7, 11) is 0. The van der Waals surface area contributed by atoms with E-state index in [1.807, 2.05) is 30.6 Å². The van der Waals surface area contributed by atoms with Crippen LogP contribution in [0.15, 0.2) is 30.6 Å². The Morgan fingerprint density at radius 3 is 2.96 bits per heavy atom. The van der Waals surface area contributed by atoms with E-state index >= 15 is 0 Å². The zero-order valence-electron chi connectivity index (χ0n) is 15.7. The van der Waals surface area contributed by atoms with Gasteiger partial charge < -0.3 is 19.6 Å². The van der Waals surface area contributed by atoms with Crippen LogP contribution >= 0.6 is 0 Å². The molecule has 0 bridgehead atoms. The van der Waals surface area contributed by atoms with Crippen LogP contribution in [0.25, 0.3) is 22.4 Å². The Labute approximate surface area is 157 Å². The van der Waals surface area contributed by atoms with Gasteiger partial charge in [0.15, 0.2) is 5.82 Å². The Balaban J connectivity index is 1.56. The van der Waals surface area contributed by atoms with E-state index in [2.05, 4.69) is 33.7 Å².